The molecular weight excluding hydrogens is 400 g/mol. The van der Waals surface area contributed by atoms with E-state index in [1.807, 2.05) is 24.3 Å². The standard InChI is InChI=1S/C24H34O5S/c1-2-3-4-5-6-7-8-9-10-11-14-20-15-12-13-16-23(20)29-24-18-17-21(19-22(24)25)30(26,27)28/h12-13,15-19,25H,2-11,14H2,1H3,(H,26,27,28). The van der Waals surface area contributed by atoms with Gasteiger partial charge in [-0.2, -0.15) is 8.42 Å². The number of phenols is 1. The molecule has 0 fully saturated rings. The molecule has 0 saturated heterocycles. The summed E-state index contributed by atoms with van der Waals surface area (Å²) in [4.78, 5) is -0.369. The van der Waals surface area contributed by atoms with E-state index in [1.54, 1.807) is 0 Å². The van der Waals surface area contributed by atoms with Crippen LogP contribution in [0.15, 0.2) is 47.4 Å². The molecule has 0 atom stereocenters. The van der Waals surface area contributed by atoms with Gasteiger partial charge in [-0.05, 0) is 36.6 Å². The SMILES string of the molecule is CCCCCCCCCCCCc1ccccc1Oc1ccc(S(=O)(=O)O)cc1O. The lowest BCUT2D eigenvalue weighted by atomic mass is 10.0. The second-order valence-electron chi connectivity index (χ2n) is 7.75. The lowest BCUT2D eigenvalue weighted by Gasteiger charge is -2.12. The largest absolute Gasteiger partial charge is 0.504 e. The summed E-state index contributed by atoms with van der Waals surface area (Å²) in [5.74, 6) is 0.458. The number of para-hydroxylation sites is 1. The van der Waals surface area contributed by atoms with Crippen LogP contribution in [0.1, 0.15) is 76.7 Å². The Balaban J connectivity index is 1.81. The van der Waals surface area contributed by atoms with Gasteiger partial charge in [-0.1, -0.05) is 82.9 Å². The van der Waals surface area contributed by atoms with Crippen LogP contribution in [0.4, 0.5) is 0 Å². The number of aryl methyl sites for hydroxylation is 1. The second-order valence-corrected chi connectivity index (χ2v) is 9.17. The Hall–Kier alpha value is -2.05. The molecule has 0 saturated carbocycles. The molecule has 0 aromatic heterocycles. The molecule has 0 unspecified atom stereocenters. The lowest BCUT2D eigenvalue weighted by Crippen LogP contribution is -1.98. The summed E-state index contributed by atoms with van der Waals surface area (Å²) in [5.41, 5.74) is 1.05. The highest BCUT2D eigenvalue weighted by Gasteiger charge is 2.14. The predicted octanol–water partition coefficient (Wildman–Crippen LogP) is 6.89. The van der Waals surface area contributed by atoms with Crippen LogP contribution in [0.25, 0.3) is 0 Å². The van der Waals surface area contributed by atoms with E-state index in [0.29, 0.717) is 5.75 Å². The molecule has 0 heterocycles. The van der Waals surface area contributed by atoms with Crippen molar-refractivity contribution in [1.29, 1.82) is 0 Å². The van der Waals surface area contributed by atoms with Crippen LogP contribution < -0.4 is 4.74 Å². The van der Waals surface area contributed by atoms with Crippen LogP contribution >= 0.6 is 0 Å². The van der Waals surface area contributed by atoms with Gasteiger partial charge in [-0.25, -0.2) is 0 Å². The van der Waals surface area contributed by atoms with Gasteiger partial charge in [0.2, 0.25) is 0 Å². The Bertz CT molecular complexity index is 877. The summed E-state index contributed by atoms with van der Waals surface area (Å²) in [6, 6.07) is 11.2. The number of hydrogen-bond acceptors (Lipinski definition) is 4. The van der Waals surface area contributed by atoms with Crippen LogP contribution in [0, 0.1) is 0 Å². The maximum absolute atomic E-state index is 11.2. The average Bonchev–Trinajstić information content (AvgIpc) is 2.71. The molecule has 2 aromatic carbocycles. The molecular formula is C24H34O5S. The van der Waals surface area contributed by atoms with Crippen molar-refractivity contribution in [2.75, 3.05) is 0 Å². The molecule has 0 radical (unpaired) electrons. The third-order valence-corrected chi connectivity index (χ3v) is 6.07. The first-order valence-corrected chi connectivity index (χ1v) is 12.4. The van der Waals surface area contributed by atoms with Crippen LogP contribution in [0.3, 0.4) is 0 Å². The Kier molecular flexibility index (Phi) is 10.2. The first-order valence-electron chi connectivity index (χ1n) is 11.0. The van der Waals surface area contributed by atoms with E-state index >= 15 is 0 Å². The van der Waals surface area contributed by atoms with Crippen LogP contribution in [0.2, 0.25) is 0 Å². The van der Waals surface area contributed by atoms with E-state index in [-0.39, 0.29) is 16.4 Å². The van der Waals surface area contributed by atoms with E-state index in [1.165, 1.54) is 69.9 Å². The summed E-state index contributed by atoms with van der Waals surface area (Å²) >= 11 is 0. The van der Waals surface area contributed by atoms with Crippen molar-refractivity contribution < 1.29 is 22.8 Å². The zero-order valence-electron chi connectivity index (χ0n) is 17.8. The summed E-state index contributed by atoms with van der Waals surface area (Å²) in [5, 5.41) is 10.1. The van der Waals surface area contributed by atoms with Crippen molar-refractivity contribution in [1.82, 2.24) is 0 Å². The van der Waals surface area contributed by atoms with E-state index in [4.69, 9.17) is 9.29 Å². The minimum Gasteiger partial charge on any atom is -0.504 e. The number of ether oxygens (including phenoxy) is 1. The Morgan fingerprint density at radius 3 is 2.00 bits per heavy atom. The Labute approximate surface area is 180 Å². The zero-order chi connectivity index (χ0) is 21.8. The Morgan fingerprint density at radius 2 is 1.40 bits per heavy atom. The van der Waals surface area contributed by atoms with Crippen LogP contribution in [-0.4, -0.2) is 18.1 Å². The summed E-state index contributed by atoms with van der Waals surface area (Å²) in [7, 11) is -4.37. The van der Waals surface area contributed by atoms with Crippen molar-refractivity contribution in [2.24, 2.45) is 0 Å². The van der Waals surface area contributed by atoms with E-state index < -0.39 is 10.1 Å². The lowest BCUT2D eigenvalue weighted by molar-refractivity contribution is 0.406. The van der Waals surface area contributed by atoms with E-state index in [2.05, 4.69) is 6.92 Å². The van der Waals surface area contributed by atoms with Gasteiger partial charge < -0.3 is 9.84 Å². The fraction of sp³-hybridized carbons (Fsp3) is 0.500. The van der Waals surface area contributed by atoms with E-state index in [9.17, 15) is 13.5 Å². The third-order valence-electron chi connectivity index (χ3n) is 5.22. The molecule has 0 amide bonds. The summed E-state index contributed by atoms with van der Waals surface area (Å²) in [6.07, 6.45) is 13.7. The minimum atomic E-state index is -4.37. The fourth-order valence-electron chi connectivity index (χ4n) is 3.48. The number of aromatic hydroxyl groups is 1. The van der Waals surface area contributed by atoms with Gasteiger partial charge in [0, 0.05) is 6.07 Å². The van der Waals surface area contributed by atoms with Gasteiger partial charge in [-0.3, -0.25) is 4.55 Å². The first kappa shape index (κ1) is 24.2. The highest BCUT2D eigenvalue weighted by Crippen LogP contribution is 2.34. The third kappa shape index (κ3) is 8.36. The molecule has 0 aliphatic rings. The number of rotatable bonds is 14. The molecule has 5 nitrogen and oxygen atoms in total. The zero-order valence-corrected chi connectivity index (χ0v) is 18.7. The number of phenolic OH excluding ortho intramolecular Hbond substituents is 1. The minimum absolute atomic E-state index is 0.151. The second kappa shape index (κ2) is 12.6. The predicted molar refractivity (Wildman–Crippen MR) is 120 cm³/mol. The van der Waals surface area contributed by atoms with Gasteiger partial charge in [0.15, 0.2) is 11.5 Å². The van der Waals surface area contributed by atoms with Gasteiger partial charge in [0.1, 0.15) is 5.75 Å². The smallest absolute Gasteiger partial charge is 0.294 e. The van der Waals surface area contributed by atoms with Crippen molar-refractivity contribution in [2.45, 2.75) is 82.4 Å². The molecule has 0 spiro atoms. The Morgan fingerprint density at radius 1 is 0.800 bits per heavy atom. The molecule has 30 heavy (non-hydrogen) atoms. The molecule has 0 bridgehead atoms. The summed E-state index contributed by atoms with van der Waals surface area (Å²) in [6.45, 7) is 2.24. The van der Waals surface area contributed by atoms with Crippen LogP contribution in [0.5, 0.6) is 17.2 Å². The molecule has 2 N–H and O–H groups in total. The van der Waals surface area contributed by atoms with Crippen molar-refractivity contribution in [3.8, 4) is 17.2 Å². The van der Waals surface area contributed by atoms with Crippen molar-refractivity contribution in [3.05, 3.63) is 48.0 Å². The van der Waals surface area contributed by atoms with Crippen molar-refractivity contribution in [3.63, 3.8) is 0 Å². The van der Waals surface area contributed by atoms with E-state index in [0.717, 1.165) is 24.5 Å². The molecule has 6 heteroatoms. The number of unbranched alkanes of at least 4 members (excludes halogenated alkanes) is 9. The maximum atomic E-state index is 11.2. The quantitative estimate of drug-likeness (QED) is 0.250. The monoisotopic (exact) mass is 434 g/mol. The van der Waals surface area contributed by atoms with Gasteiger partial charge in [0.25, 0.3) is 10.1 Å². The first-order chi connectivity index (χ1) is 14.4. The highest BCUT2D eigenvalue weighted by molar-refractivity contribution is 7.85. The van der Waals surface area contributed by atoms with Crippen molar-refractivity contribution >= 4 is 10.1 Å². The average molecular weight is 435 g/mol. The molecule has 0 aliphatic carbocycles. The molecule has 166 valence electrons. The number of benzene rings is 2. The van der Waals surface area contributed by atoms with Gasteiger partial charge in [0.05, 0.1) is 4.90 Å². The van der Waals surface area contributed by atoms with Crippen LogP contribution in [-0.2, 0) is 16.5 Å². The maximum Gasteiger partial charge on any atom is 0.294 e. The highest BCUT2D eigenvalue weighted by atomic mass is 32.2. The summed E-state index contributed by atoms with van der Waals surface area (Å²) < 4.78 is 37.3. The topological polar surface area (TPSA) is 83.8 Å². The fourth-order valence-corrected chi connectivity index (χ4v) is 3.98. The van der Waals surface area contributed by atoms with Gasteiger partial charge >= 0.3 is 0 Å². The molecule has 0 aliphatic heterocycles. The normalized spacial score (nSPS) is 11.5. The molecule has 2 rings (SSSR count). The van der Waals surface area contributed by atoms with Gasteiger partial charge in [-0.15, -0.1) is 0 Å². The molecule has 2 aromatic rings. The number of hydrogen-bond donors (Lipinski definition) is 2.